The summed E-state index contributed by atoms with van der Waals surface area (Å²) >= 11 is 3.01. The number of urea groups is 1. The van der Waals surface area contributed by atoms with Crippen molar-refractivity contribution in [2.24, 2.45) is 0 Å². The van der Waals surface area contributed by atoms with Crippen molar-refractivity contribution in [1.82, 2.24) is 10.3 Å². The number of benzene rings is 1. The Balaban J connectivity index is 1.57. The predicted molar refractivity (Wildman–Crippen MR) is 97.3 cm³/mol. The Bertz CT molecular complexity index is 830. The van der Waals surface area contributed by atoms with E-state index in [-0.39, 0.29) is 11.8 Å². The van der Waals surface area contributed by atoms with Gasteiger partial charge in [0.1, 0.15) is 10.8 Å². The summed E-state index contributed by atoms with van der Waals surface area (Å²) in [7, 11) is 0. The summed E-state index contributed by atoms with van der Waals surface area (Å²) in [4.78, 5) is 17.4. The van der Waals surface area contributed by atoms with Crippen LogP contribution in [0.5, 0.6) is 0 Å². The number of hydrogen-bond acceptors (Lipinski definition) is 4. The molecule has 1 aromatic carbocycles. The molecule has 0 bridgehead atoms. The van der Waals surface area contributed by atoms with Gasteiger partial charge in [-0.25, -0.2) is 14.2 Å². The van der Waals surface area contributed by atoms with Crippen LogP contribution in [0.4, 0.5) is 14.2 Å². The van der Waals surface area contributed by atoms with E-state index >= 15 is 0 Å². The molecule has 24 heavy (non-hydrogen) atoms. The quantitative estimate of drug-likeness (QED) is 0.693. The van der Waals surface area contributed by atoms with Crippen LogP contribution >= 0.6 is 22.7 Å². The number of carbonyl (C=O) groups is 1. The van der Waals surface area contributed by atoms with Crippen molar-refractivity contribution in [3.05, 3.63) is 58.2 Å². The molecule has 124 valence electrons. The topological polar surface area (TPSA) is 54.0 Å². The van der Waals surface area contributed by atoms with Gasteiger partial charge in [-0.05, 0) is 36.6 Å². The van der Waals surface area contributed by atoms with Crippen LogP contribution in [0.25, 0.3) is 10.6 Å². The first-order valence-electron chi connectivity index (χ1n) is 7.42. The Kier molecular flexibility index (Phi) is 5.22. The van der Waals surface area contributed by atoms with Gasteiger partial charge < -0.3 is 5.32 Å². The summed E-state index contributed by atoms with van der Waals surface area (Å²) in [6.07, 6.45) is 0.691. The molecule has 0 saturated carbocycles. The number of aromatic nitrogens is 1. The summed E-state index contributed by atoms with van der Waals surface area (Å²) in [5.74, 6) is -0.270. The lowest BCUT2D eigenvalue weighted by Gasteiger charge is -2.05. The van der Waals surface area contributed by atoms with Gasteiger partial charge in [0.05, 0.1) is 10.7 Å². The number of anilines is 1. The third-order valence-electron chi connectivity index (χ3n) is 3.36. The minimum absolute atomic E-state index is 0.218. The molecule has 3 rings (SSSR count). The molecule has 0 atom stereocenters. The van der Waals surface area contributed by atoms with Gasteiger partial charge in [0.25, 0.3) is 0 Å². The third-order valence-corrected chi connectivity index (χ3v) is 5.41. The number of amides is 2. The Hall–Kier alpha value is -2.25. The van der Waals surface area contributed by atoms with E-state index in [4.69, 9.17) is 0 Å². The maximum Gasteiger partial charge on any atom is 0.319 e. The first-order valence-corrected chi connectivity index (χ1v) is 9.12. The van der Waals surface area contributed by atoms with Crippen molar-refractivity contribution in [1.29, 1.82) is 0 Å². The van der Waals surface area contributed by atoms with Crippen molar-refractivity contribution in [3.63, 3.8) is 0 Å². The van der Waals surface area contributed by atoms with Gasteiger partial charge in [-0.1, -0.05) is 12.1 Å². The fourth-order valence-electron chi connectivity index (χ4n) is 2.20. The highest BCUT2D eigenvalue weighted by atomic mass is 32.1. The van der Waals surface area contributed by atoms with Gasteiger partial charge in [-0.3, -0.25) is 5.32 Å². The average molecular weight is 361 g/mol. The number of thiophene rings is 1. The van der Waals surface area contributed by atoms with Crippen LogP contribution in [0, 0.1) is 12.7 Å². The molecule has 3 aromatic rings. The summed E-state index contributed by atoms with van der Waals surface area (Å²) in [5.41, 5.74) is 1.69. The molecule has 0 unspecified atom stereocenters. The van der Waals surface area contributed by atoms with E-state index < -0.39 is 0 Å². The van der Waals surface area contributed by atoms with Crippen LogP contribution < -0.4 is 10.6 Å². The maximum atomic E-state index is 13.3. The summed E-state index contributed by atoms with van der Waals surface area (Å²) < 4.78 is 13.3. The van der Waals surface area contributed by atoms with Crippen molar-refractivity contribution >= 4 is 33.7 Å². The van der Waals surface area contributed by atoms with Crippen molar-refractivity contribution in [2.45, 2.75) is 13.3 Å². The molecule has 0 fully saturated rings. The van der Waals surface area contributed by atoms with Gasteiger partial charge in [0, 0.05) is 23.4 Å². The molecular formula is C17H16FN3OS2. The standard InChI is InChI=1S/C17H16FN3OS2/c1-11-14(7-8-19-17(22)21-15-6-3-9-23-15)24-16(20-11)12-4-2-5-13(18)10-12/h2-6,9-10H,7-8H2,1H3,(H2,19,21,22). The molecule has 7 heteroatoms. The molecule has 2 N–H and O–H groups in total. The Labute approximate surface area is 147 Å². The third kappa shape index (κ3) is 4.18. The highest BCUT2D eigenvalue weighted by Crippen LogP contribution is 2.28. The monoisotopic (exact) mass is 361 g/mol. The van der Waals surface area contributed by atoms with Crippen molar-refractivity contribution < 1.29 is 9.18 Å². The lowest BCUT2D eigenvalue weighted by molar-refractivity contribution is 0.252. The Morgan fingerprint density at radius 1 is 1.29 bits per heavy atom. The molecule has 2 heterocycles. The van der Waals surface area contributed by atoms with Crippen LogP contribution in [-0.2, 0) is 6.42 Å². The van der Waals surface area contributed by atoms with E-state index in [9.17, 15) is 9.18 Å². The minimum atomic E-state index is -0.270. The van der Waals surface area contributed by atoms with Crippen LogP contribution in [0.3, 0.4) is 0 Å². The fraction of sp³-hybridized carbons (Fsp3) is 0.176. The number of nitrogens with one attached hydrogen (secondary N) is 2. The first-order chi connectivity index (χ1) is 11.6. The number of carbonyl (C=O) groups excluding carboxylic acids is 1. The molecule has 2 aromatic heterocycles. The van der Waals surface area contributed by atoms with Gasteiger partial charge in [0.15, 0.2) is 0 Å². The molecule has 0 radical (unpaired) electrons. The second-order valence-corrected chi connectivity index (χ2v) is 7.18. The number of aryl methyl sites for hydroxylation is 1. The SMILES string of the molecule is Cc1nc(-c2cccc(F)c2)sc1CCNC(=O)Nc1cccs1. The molecule has 0 aliphatic rings. The van der Waals surface area contributed by atoms with E-state index in [1.165, 1.54) is 34.8 Å². The zero-order valence-corrected chi connectivity index (χ0v) is 14.6. The molecule has 0 saturated heterocycles. The Morgan fingerprint density at radius 2 is 2.17 bits per heavy atom. The van der Waals surface area contributed by atoms with Gasteiger partial charge in [-0.15, -0.1) is 22.7 Å². The Morgan fingerprint density at radius 3 is 2.92 bits per heavy atom. The van der Waals surface area contributed by atoms with Crippen LogP contribution in [0.1, 0.15) is 10.6 Å². The lowest BCUT2D eigenvalue weighted by atomic mass is 10.2. The summed E-state index contributed by atoms with van der Waals surface area (Å²) in [6.45, 7) is 2.45. The molecule has 2 amide bonds. The number of halogens is 1. The molecular weight excluding hydrogens is 345 g/mol. The van der Waals surface area contributed by atoms with Crippen LogP contribution in [0.2, 0.25) is 0 Å². The first kappa shape index (κ1) is 16.6. The van der Waals surface area contributed by atoms with Crippen LogP contribution in [-0.4, -0.2) is 17.6 Å². The lowest BCUT2D eigenvalue weighted by Crippen LogP contribution is -2.30. The number of hydrogen-bond donors (Lipinski definition) is 2. The second kappa shape index (κ2) is 7.55. The molecule has 0 aliphatic carbocycles. The van der Waals surface area contributed by atoms with E-state index in [1.54, 1.807) is 6.07 Å². The van der Waals surface area contributed by atoms with E-state index in [0.717, 1.165) is 26.1 Å². The fourth-order valence-corrected chi connectivity index (χ4v) is 3.87. The van der Waals surface area contributed by atoms with Crippen molar-refractivity contribution in [2.75, 3.05) is 11.9 Å². The molecule has 4 nitrogen and oxygen atoms in total. The van der Waals surface area contributed by atoms with Gasteiger partial charge in [0.2, 0.25) is 0 Å². The maximum absolute atomic E-state index is 13.3. The highest BCUT2D eigenvalue weighted by molar-refractivity contribution is 7.15. The minimum Gasteiger partial charge on any atom is -0.337 e. The van der Waals surface area contributed by atoms with E-state index in [2.05, 4.69) is 15.6 Å². The normalized spacial score (nSPS) is 10.6. The average Bonchev–Trinajstić information content (AvgIpc) is 3.18. The van der Waals surface area contributed by atoms with Crippen molar-refractivity contribution in [3.8, 4) is 10.6 Å². The second-order valence-electron chi connectivity index (χ2n) is 5.15. The summed E-state index contributed by atoms with van der Waals surface area (Å²) in [6, 6.07) is 9.94. The zero-order valence-electron chi connectivity index (χ0n) is 13.0. The largest absolute Gasteiger partial charge is 0.337 e. The van der Waals surface area contributed by atoms with Gasteiger partial charge in [-0.2, -0.15) is 0 Å². The molecule has 0 spiro atoms. The predicted octanol–water partition coefficient (Wildman–Crippen LogP) is 4.68. The summed E-state index contributed by atoms with van der Waals surface area (Å²) in [5, 5.41) is 9.12. The van der Waals surface area contributed by atoms with E-state index in [1.807, 2.05) is 30.5 Å². The number of thiazole rings is 1. The number of rotatable bonds is 5. The zero-order chi connectivity index (χ0) is 16.9. The number of nitrogens with zero attached hydrogens (tertiary/aromatic N) is 1. The van der Waals surface area contributed by atoms with E-state index in [0.29, 0.717) is 13.0 Å². The molecule has 0 aliphatic heterocycles. The van der Waals surface area contributed by atoms with Crippen LogP contribution in [0.15, 0.2) is 41.8 Å². The van der Waals surface area contributed by atoms with Gasteiger partial charge >= 0.3 is 6.03 Å². The highest BCUT2D eigenvalue weighted by Gasteiger charge is 2.10. The smallest absolute Gasteiger partial charge is 0.319 e.